The summed E-state index contributed by atoms with van der Waals surface area (Å²) in [6.45, 7) is 5.06. The van der Waals surface area contributed by atoms with Crippen LogP contribution in [0.4, 0.5) is 0 Å². The maximum atomic E-state index is 12.5. The average molecular weight is 280 g/mol. The van der Waals surface area contributed by atoms with Gasteiger partial charge in [0.25, 0.3) is 0 Å². The standard InChI is InChI=1S/C16H28N2O2/c1-11(2)16(20)9-18(10-16)15(19)14-8-7-12-5-3-4-6-13(12)17-14/h11-14,17,20H,3-10H2,1-2H3. The Hall–Kier alpha value is -0.610. The van der Waals surface area contributed by atoms with Crippen molar-refractivity contribution in [2.24, 2.45) is 11.8 Å². The molecule has 3 atom stereocenters. The molecule has 3 unspecified atom stereocenters. The normalized spacial score (nSPS) is 36.4. The predicted molar refractivity (Wildman–Crippen MR) is 78.3 cm³/mol. The van der Waals surface area contributed by atoms with Gasteiger partial charge in [-0.1, -0.05) is 26.7 Å². The summed E-state index contributed by atoms with van der Waals surface area (Å²) >= 11 is 0. The molecule has 0 aromatic heterocycles. The minimum Gasteiger partial charge on any atom is -0.386 e. The highest BCUT2D eigenvalue weighted by Gasteiger charge is 2.48. The van der Waals surface area contributed by atoms with Crippen LogP contribution in [0.3, 0.4) is 0 Å². The summed E-state index contributed by atoms with van der Waals surface area (Å²) in [4.78, 5) is 14.4. The Bertz CT molecular complexity index is 377. The molecule has 0 spiro atoms. The number of likely N-dealkylation sites (tertiary alicyclic amines) is 1. The molecular weight excluding hydrogens is 252 g/mol. The van der Waals surface area contributed by atoms with Crippen LogP contribution in [0.5, 0.6) is 0 Å². The van der Waals surface area contributed by atoms with Crippen molar-refractivity contribution in [1.82, 2.24) is 10.2 Å². The van der Waals surface area contributed by atoms with Crippen molar-refractivity contribution in [3.8, 4) is 0 Å². The molecule has 3 fully saturated rings. The molecular formula is C16H28N2O2. The van der Waals surface area contributed by atoms with Crippen molar-refractivity contribution in [2.45, 2.75) is 70.1 Å². The maximum absolute atomic E-state index is 12.5. The third-order valence-corrected chi connectivity index (χ3v) is 5.76. The number of hydrogen-bond acceptors (Lipinski definition) is 3. The second-order valence-electron chi connectivity index (χ2n) is 7.40. The number of rotatable bonds is 2. The van der Waals surface area contributed by atoms with E-state index in [2.05, 4.69) is 5.32 Å². The van der Waals surface area contributed by atoms with Crippen LogP contribution in [0.2, 0.25) is 0 Å². The van der Waals surface area contributed by atoms with Gasteiger partial charge in [0.15, 0.2) is 0 Å². The third kappa shape index (κ3) is 2.48. The van der Waals surface area contributed by atoms with Crippen LogP contribution in [-0.4, -0.2) is 46.7 Å². The first-order valence-electron chi connectivity index (χ1n) is 8.27. The van der Waals surface area contributed by atoms with Gasteiger partial charge in [-0.2, -0.15) is 0 Å². The van der Waals surface area contributed by atoms with Gasteiger partial charge in [0.2, 0.25) is 5.91 Å². The number of amides is 1. The highest BCUT2D eigenvalue weighted by Crippen LogP contribution is 2.34. The van der Waals surface area contributed by atoms with E-state index >= 15 is 0 Å². The third-order valence-electron chi connectivity index (χ3n) is 5.76. The van der Waals surface area contributed by atoms with Crippen LogP contribution in [0, 0.1) is 11.8 Å². The number of nitrogens with one attached hydrogen (secondary N) is 1. The molecule has 0 bridgehead atoms. The molecule has 2 aliphatic heterocycles. The Kier molecular flexibility index (Phi) is 3.80. The number of carbonyl (C=O) groups excluding carboxylic acids is 1. The number of aliphatic hydroxyl groups is 1. The summed E-state index contributed by atoms with van der Waals surface area (Å²) in [5, 5.41) is 13.9. The predicted octanol–water partition coefficient (Wildman–Crippen LogP) is 1.53. The van der Waals surface area contributed by atoms with Crippen molar-refractivity contribution in [3.05, 3.63) is 0 Å². The zero-order valence-corrected chi connectivity index (χ0v) is 12.8. The van der Waals surface area contributed by atoms with Crippen molar-refractivity contribution in [3.63, 3.8) is 0 Å². The summed E-state index contributed by atoms with van der Waals surface area (Å²) in [5.41, 5.74) is -0.655. The van der Waals surface area contributed by atoms with E-state index < -0.39 is 5.60 Å². The van der Waals surface area contributed by atoms with Gasteiger partial charge in [0, 0.05) is 6.04 Å². The molecule has 4 heteroatoms. The van der Waals surface area contributed by atoms with E-state index in [4.69, 9.17) is 0 Å². The summed E-state index contributed by atoms with van der Waals surface area (Å²) in [7, 11) is 0. The molecule has 1 aliphatic carbocycles. The van der Waals surface area contributed by atoms with Gasteiger partial charge in [0.05, 0.1) is 19.1 Å². The smallest absolute Gasteiger partial charge is 0.239 e. The Morgan fingerprint density at radius 3 is 2.60 bits per heavy atom. The van der Waals surface area contributed by atoms with Crippen molar-refractivity contribution in [2.75, 3.05) is 13.1 Å². The number of fused-ring (bicyclic) bond motifs is 1. The number of β-amino-alcohol motifs (C(OH)–C–C–N with tert-alkyl or cyclic N) is 1. The molecule has 2 N–H and O–H groups in total. The van der Waals surface area contributed by atoms with E-state index in [1.54, 1.807) is 0 Å². The largest absolute Gasteiger partial charge is 0.386 e. The monoisotopic (exact) mass is 280 g/mol. The van der Waals surface area contributed by atoms with Crippen LogP contribution in [0.15, 0.2) is 0 Å². The van der Waals surface area contributed by atoms with Gasteiger partial charge in [-0.25, -0.2) is 0 Å². The second-order valence-corrected chi connectivity index (χ2v) is 7.40. The molecule has 2 heterocycles. The average Bonchev–Trinajstić information content (AvgIpc) is 2.42. The molecule has 4 nitrogen and oxygen atoms in total. The van der Waals surface area contributed by atoms with E-state index in [0.717, 1.165) is 12.3 Å². The lowest BCUT2D eigenvalue weighted by molar-refractivity contribution is -0.166. The Morgan fingerprint density at radius 2 is 1.90 bits per heavy atom. The molecule has 20 heavy (non-hydrogen) atoms. The summed E-state index contributed by atoms with van der Waals surface area (Å²) in [6, 6.07) is 0.544. The van der Waals surface area contributed by atoms with Crippen molar-refractivity contribution < 1.29 is 9.90 Å². The van der Waals surface area contributed by atoms with Crippen molar-refractivity contribution >= 4 is 5.91 Å². The van der Waals surface area contributed by atoms with Crippen LogP contribution in [-0.2, 0) is 4.79 Å². The SMILES string of the molecule is CC(C)C1(O)CN(C(=O)C2CCC3CCCCC3N2)C1. The fraction of sp³-hybridized carbons (Fsp3) is 0.938. The van der Waals surface area contributed by atoms with Gasteiger partial charge in [-0.15, -0.1) is 0 Å². The highest BCUT2D eigenvalue weighted by atomic mass is 16.3. The van der Waals surface area contributed by atoms with Crippen LogP contribution in [0.1, 0.15) is 52.4 Å². The van der Waals surface area contributed by atoms with Crippen LogP contribution >= 0.6 is 0 Å². The van der Waals surface area contributed by atoms with Gasteiger partial charge in [-0.3, -0.25) is 4.79 Å². The maximum Gasteiger partial charge on any atom is 0.239 e. The lowest BCUT2D eigenvalue weighted by Gasteiger charge is -2.51. The lowest BCUT2D eigenvalue weighted by Crippen LogP contribution is -2.69. The molecule has 3 aliphatic rings. The molecule has 0 radical (unpaired) electrons. The minimum absolute atomic E-state index is 0.00828. The highest BCUT2D eigenvalue weighted by molar-refractivity contribution is 5.83. The first-order valence-corrected chi connectivity index (χ1v) is 8.27. The molecule has 0 aromatic rings. The Balaban J connectivity index is 1.54. The fourth-order valence-electron chi connectivity index (χ4n) is 4.05. The minimum atomic E-state index is -0.655. The Labute approximate surface area is 121 Å². The van der Waals surface area contributed by atoms with E-state index in [9.17, 15) is 9.90 Å². The second kappa shape index (κ2) is 5.30. The molecule has 1 amide bonds. The van der Waals surface area contributed by atoms with E-state index in [1.807, 2.05) is 18.7 Å². The van der Waals surface area contributed by atoms with E-state index in [1.165, 1.54) is 32.1 Å². The van der Waals surface area contributed by atoms with Gasteiger partial charge in [0.1, 0.15) is 5.60 Å². The summed E-state index contributed by atoms with van der Waals surface area (Å²) in [6.07, 6.45) is 7.37. The van der Waals surface area contributed by atoms with E-state index in [-0.39, 0.29) is 17.9 Å². The first kappa shape index (κ1) is 14.3. The number of piperidine rings is 1. The van der Waals surface area contributed by atoms with Gasteiger partial charge >= 0.3 is 0 Å². The van der Waals surface area contributed by atoms with E-state index in [0.29, 0.717) is 19.1 Å². The number of hydrogen-bond donors (Lipinski definition) is 2. The van der Waals surface area contributed by atoms with Gasteiger partial charge < -0.3 is 15.3 Å². The Morgan fingerprint density at radius 1 is 1.20 bits per heavy atom. The molecule has 114 valence electrons. The molecule has 2 saturated heterocycles. The molecule has 0 aromatic carbocycles. The topological polar surface area (TPSA) is 52.6 Å². The molecule has 1 saturated carbocycles. The summed E-state index contributed by atoms with van der Waals surface area (Å²) in [5.74, 6) is 1.21. The quantitative estimate of drug-likeness (QED) is 0.806. The lowest BCUT2D eigenvalue weighted by atomic mass is 9.77. The number of carbonyl (C=O) groups is 1. The van der Waals surface area contributed by atoms with Crippen LogP contribution in [0.25, 0.3) is 0 Å². The summed E-state index contributed by atoms with van der Waals surface area (Å²) < 4.78 is 0. The van der Waals surface area contributed by atoms with Crippen molar-refractivity contribution in [1.29, 1.82) is 0 Å². The van der Waals surface area contributed by atoms with Crippen LogP contribution < -0.4 is 5.32 Å². The molecule has 3 rings (SSSR count). The zero-order chi connectivity index (χ0) is 14.3. The number of nitrogens with zero attached hydrogens (tertiary/aromatic N) is 1. The fourth-order valence-corrected chi connectivity index (χ4v) is 4.05. The first-order chi connectivity index (χ1) is 9.49. The van der Waals surface area contributed by atoms with Gasteiger partial charge in [-0.05, 0) is 37.5 Å². The zero-order valence-electron chi connectivity index (χ0n) is 12.8.